The summed E-state index contributed by atoms with van der Waals surface area (Å²) in [4.78, 5) is 13.4. The molecule has 0 aliphatic rings. The fourth-order valence-electron chi connectivity index (χ4n) is 2.65. The summed E-state index contributed by atoms with van der Waals surface area (Å²) in [7, 11) is 0. The lowest BCUT2D eigenvalue weighted by Gasteiger charge is -2.14. The summed E-state index contributed by atoms with van der Waals surface area (Å²) in [5.74, 6) is 0. The van der Waals surface area contributed by atoms with Crippen molar-refractivity contribution in [3.05, 3.63) is 60.3 Å². The predicted octanol–water partition coefficient (Wildman–Crippen LogP) is 3.68. The molecule has 0 bridgehead atoms. The number of nitriles is 1. The lowest BCUT2D eigenvalue weighted by atomic mass is 9.97. The quantitative estimate of drug-likeness (QED) is 0.720. The molecule has 2 N–H and O–H groups in total. The molecule has 136 valence electrons. The highest BCUT2D eigenvalue weighted by Gasteiger charge is 2.13. The number of hydrogen-bond donors (Lipinski definition) is 1. The Morgan fingerprint density at radius 1 is 1.30 bits per heavy atom. The number of nitrogens with zero attached hydrogens (tertiary/aromatic N) is 5. The summed E-state index contributed by atoms with van der Waals surface area (Å²) in [6.07, 6.45) is 8.83. The first-order chi connectivity index (χ1) is 12.9. The van der Waals surface area contributed by atoms with Gasteiger partial charge in [0.1, 0.15) is 17.4 Å². The summed E-state index contributed by atoms with van der Waals surface area (Å²) in [6, 6.07) is 9.53. The largest absolute Gasteiger partial charge is 0.404 e. The van der Waals surface area contributed by atoms with Crippen LogP contribution in [0.5, 0.6) is 0 Å². The second-order valence-electron chi connectivity index (χ2n) is 7.47. The first kappa shape index (κ1) is 18.3. The zero-order valence-corrected chi connectivity index (χ0v) is 15.7. The maximum atomic E-state index is 9.27. The maximum Gasteiger partial charge on any atom is 0.141 e. The summed E-state index contributed by atoms with van der Waals surface area (Å²) < 4.78 is 1.92. The molecule has 0 aliphatic carbocycles. The van der Waals surface area contributed by atoms with E-state index in [0.29, 0.717) is 17.9 Å². The normalized spacial score (nSPS) is 12.6. The van der Waals surface area contributed by atoms with Gasteiger partial charge >= 0.3 is 0 Å². The van der Waals surface area contributed by atoms with Crippen LogP contribution in [0.15, 0.2) is 54.0 Å². The number of hydrogen-bond acceptors (Lipinski definition) is 5. The standard InChI is InChI=1S/C21H22N6/c1-21(2,3)14-24-13-16(11-22)18-5-4-17(12-23)26-20(18)15-6-8-27-9-7-25-19(27)10-15/h4-11,13H,14,22H2,1-3H3. The molecule has 27 heavy (non-hydrogen) atoms. The number of nitrogens with two attached hydrogens (primary N) is 1. The van der Waals surface area contributed by atoms with Gasteiger partial charge in [-0.05, 0) is 29.7 Å². The lowest BCUT2D eigenvalue weighted by Crippen LogP contribution is -2.09. The molecular formula is C21H22N6. The Kier molecular flexibility index (Phi) is 5.04. The molecule has 6 nitrogen and oxygen atoms in total. The summed E-state index contributed by atoms with van der Waals surface area (Å²) in [6.45, 7) is 7.07. The van der Waals surface area contributed by atoms with Crippen molar-refractivity contribution in [1.82, 2.24) is 14.4 Å². The van der Waals surface area contributed by atoms with Gasteiger partial charge in [0.15, 0.2) is 0 Å². The van der Waals surface area contributed by atoms with Gasteiger partial charge in [0.25, 0.3) is 0 Å². The fraction of sp³-hybridized carbons (Fsp3) is 0.238. The molecule has 0 amide bonds. The van der Waals surface area contributed by atoms with E-state index in [-0.39, 0.29) is 5.41 Å². The van der Waals surface area contributed by atoms with Gasteiger partial charge in [-0.2, -0.15) is 5.26 Å². The van der Waals surface area contributed by atoms with E-state index in [1.54, 1.807) is 18.5 Å². The van der Waals surface area contributed by atoms with Crippen LogP contribution in [-0.2, 0) is 0 Å². The second kappa shape index (κ2) is 7.42. The van der Waals surface area contributed by atoms with Gasteiger partial charge in [0.2, 0.25) is 0 Å². The Balaban J connectivity index is 2.08. The molecule has 0 saturated carbocycles. The van der Waals surface area contributed by atoms with Crippen LogP contribution in [0.1, 0.15) is 32.0 Å². The predicted molar refractivity (Wildman–Crippen MR) is 108 cm³/mol. The molecule has 0 fully saturated rings. The number of allylic oxidation sites excluding steroid dienone is 1. The van der Waals surface area contributed by atoms with E-state index >= 15 is 0 Å². The maximum absolute atomic E-state index is 9.27. The van der Waals surface area contributed by atoms with Crippen LogP contribution in [-0.4, -0.2) is 27.1 Å². The van der Waals surface area contributed by atoms with Crippen LogP contribution >= 0.6 is 0 Å². The Hall–Kier alpha value is -3.46. The van der Waals surface area contributed by atoms with Crippen molar-refractivity contribution in [3.63, 3.8) is 0 Å². The van der Waals surface area contributed by atoms with Crippen molar-refractivity contribution in [3.8, 4) is 17.3 Å². The number of rotatable bonds is 4. The van der Waals surface area contributed by atoms with E-state index in [1.165, 1.54) is 6.20 Å². The SMILES string of the molecule is CC(C)(C)CN=CC(=CN)c1ccc(C#N)nc1-c1ccn2ccnc2c1. The van der Waals surface area contributed by atoms with Gasteiger partial charge in [-0.1, -0.05) is 20.8 Å². The van der Waals surface area contributed by atoms with Crippen molar-refractivity contribution < 1.29 is 0 Å². The van der Waals surface area contributed by atoms with E-state index < -0.39 is 0 Å². The van der Waals surface area contributed by atoms with E-state index in [4.69, 9.17) is 5.73 Å². The number of aliphatic imine (C=N–C) groups is 1. The highest BCUT2D eigenvalue weighted by atomic mass is 15.0. The first-order valence-corrected chi connectivity index (χ1v) is 8.67. The third-order valence-electron chi connectivity index (χ3n) is 3.97. The molecule has 3 aromatic heterocycles. The molecule has 3 rings (SSSR count). The number of fused-ring (bicyclic) bond motifs is 1. The Labute approximate surface area is 158 Å². The van der Waals surface area contributed by atoms with Crippen molar-refractivity contribution in [2.75, 3.05) is 6.54 Å². The summed E-state index contributed by atoms with van der Waals surface area (Å²) in [5.41, 5.74) is 10.3. The molecule has 0 aliphatic heterocycles. The van der Waals surface area contributed by atoms with E-state index in [1.807, 2.05) is 35.0 Å². The van der Waals surface area contributed by atoms with Crippen molar-refractivity contribution >= 4 is 17.4 Å². The van der Waals surface area contributed by atoms with Crippen LogP contribution in [0.3, 0.4) is 0 Å². The minimum atomic E-state index is 0.0909. The number of pyridine rings is 2. The van der Waals surface area contributed by atoms with Crippen molar-refractivity contribution in [1.29, 1.82) is 5.26 Å². The minimum Gasteiger partial charge on any atom is -0.404 e. The van der Waals surface area contributed by atoms with Crippen LogP contribution in [0.4, 0.5) is 0 Å². The van der Waals surface area contributed by atoms with Crippen LogP contribution < -0.4 is 5.73 Å². The average molecular weight is 358 g/mol. The Bertz CT molecular complexity index is 1060. The lowest BCUT2D eigenvalue weighted by molar-refractivity contribution is 0.430. The van der Waals surface area contributed by atoms with Crippen molar-refractivity contribution in [2.45, 2.75) is 20.8 Å². The van der Waals surface area contributed by atoms with E-state index in [0.717, 1.165) is 22.3 Å². The van der Waals surface area contributed by atoms with Crippen LogP contribution in [0, 0.1) is 16.7 Å². The van der Waals surface area contributed by atoms with Gasteiger partial charge in [0, 0.05) is 54.2 Å². The third-order valence-corrected chi connectivity index (χ3v) is 3.97. The molecule has 0 radical (unpaired) electrons. The minimum absolute atomic E-state index is 0.0909. The number of aromatic nitrogens is 3. The van der Waals surface area contributed by atoms with E-state index in [2.05, 4.69) is 41.8 Å². The Morgan fingerprint density at radius 2 is 2.11 bits per heavy atom. The van der Waals surface area contributed by atoms with Gasteiger partial charge in [-0.3, -0.25) is 4.99 Å². The summed E-state index contributed by atoms with van der Waals surface area (Å²) in [5, 5.41) is 9.27. The topological polar surface area (TPSA) is 92.4 Å². The molecule has 3 aromatic rings. The summed E-state index contributed by atoms with van der Waals surface area (Å²) >= 11 is 0. The zero-order chi connectivity index (χ0) is 19.4. The van der Waals surface area contributed by atoms with Gasteiger partial charge in [0.05, 0.1) is 5.69 Å². The van der Waals surface area contributed by atoms with Crippen LogP contribution in [0.2, 0.25) is 0 Å². The molecule has 6 heteroatoms. The number of imidazole rings is 1. The average Bonchev–Trinajstić information content (AvgIpc) is 3.12. The molecular weight excluding hydrogens is 336 g/mol. The van der Waals surface area contributed by atoms with Gasteiger partial charge in [-0.15, -0.1) is 0 Å². The van der Waals surface area contributed by atoms with Gasteiger partial charge in [-0.25, -0.2) is 9.97 Å². The highest BCUT2D eigenvalue weighted by molar-refractivity contribution is 6.11. The smallest absolute Gasteiger partial charge is 0.141 e. The Morgan fingerprint density at radius 3 is 2.81 bits per heavy atom. The molecule has 0 atom stereocenters. The van der Waals surface area contributed by atoms with Gasteiger partial charge < -0.3 is 10.1 Å². The highest BCUT2D eigenvalue weighted by Crippen LogP contribution is 2.27. The molecule has 0 spiro atoms. The molecule has 0 aromatic carbocycles. The van der Waals surface area contributed by atoms with E-state index in [9.17, 15) is 5.26 Å². The fourth-order valence-corrected chi connectivity index (χ4v) is 2.65. The molecule has 0 unspecified atom stereocenters. The van der Waals surface area contributed by atoms with Crippen molar-refractivity contribution in [2.24, 2.45) is 16.1 Å². The first-order valence-electron chi connectivity index (χ1n) is 8.67. The monoisotopic (exact) mass is 358 g/mol. The molecule has 3 heterocycles. The van der Waals surface area contributed by atoms with Crippen LogP contribution in [0.25, 0.3) is 22.5 Å². The third kappa shape index (κ3) is 4.21. The molecule has 0 saturated heterocycles. The second-order valence-corrected chi connectivity index (χ2v) is 7.47. The zero-order valence-electron chi connectivity index (χ0n) is 15.7.